The fourth-order valence-corrected chi connectivity index (χ4v) is 4.59. The number of amides is 1. The molecule has 1 aromatic heterocycles. The number of carbonyl (C=O) groups excluding carboxylic acids is 1. The van der Waals surface area contributed by atoms with Crippen LogP contribution in [0.4, 0.5) is 5.82 Å². The van der Waals surface area contributed by atoms with E-state index in [1.165, 1.54) is 11.8 Å². The molecule has 0 radical (unpaired) electrons. The van der Waals surface area contributed by atoms with Gasteiger partial charge in [-0.25, -0.2) is 9.97 Å². The number of halogens is 1. The molecular weight excluding hydrogens is 470 g/mol. The minimum atomic E-state index is -0.0559. The monoisotopic (exact) mass is 501 g/mol. The predicted molar refractivity (Wildman–Crippen MR) is 140 cm³/mol. The maximum absolute atomic E-state index is 12.6. The summed E-state index contributed by atoms with van der Waals surface area (Å²) >= 11 is 7.73. The van der Waals surface area contributed by atoms with Gasteiger partial charge in [-0.2, -0.15) is 0 Å². The highest BCUT2D eigenvalue weighted by Crippen LogP contribution is 2.25. The Bertz CT molecular complexity index is 958. The van der Waals surface area contributed by atoms with Gasteiger partial charge in [-0.05, 0) is 30.7 Å². The molecule has 2 heterocycles. The van der Waals surface area contributed by atoms with E-state index in [1.54, 1.807) is 6.07 Å². The van der Waals surface area contributed by atoms with Gasteiger partial charge in [-0.15, -0.1) is 13.2 Å². The molecule has 182 valence electrons. The molecule has 1 aromatic carbocycles. The van der Waals surface area contributed by atoms with Crippen LogP contribution in [0.1, 0.15) is 22.3 Å². The second kappa shape index (κ2) is 14.1. The van der Waals surface area contributed by atoms with Gasteiger partial charge < -0.3 is 15.0 Å². The predicted octanol–water partition coefficient (Wildman–Crippen LogP) is 4.05. The van der Waals surface area contributed by atoms with Crippen molar-refractivity contribution >= 4 is 35.1 Å². The van der Waals surface area contributed by atoms with Crippen LogP contribution in [0.25, 0.3) is 0 Å². The molecule has 0 unspecified atom stereocenters. The first-order valence-corrected chi connectivity index (χ1v) is 12.8. The van der Waals surface area contributed by atoms with Crippen molar-refractivity contribution in [1.82, 2.24) is 20.2 Å². The maximum atomic E-state index is 12.6. The molecule has 7 nitrogen and oxygen atoms in total. The van der Waals surface area contributed by atoms with Crippen molar-refractivity contribution < 1.29 is 9.53 Å². The summed E-state index contributed by atoms with van der Waals surface area (Å²) in [6.07, 6.45) is 4.54. The van der Waals surface area contributed by atoms with Gasteiger partial charge in [0.25, 0.3) is 5.91 Å². The van der Waals surface area contributed by atoms with Crippen molar-refractivity contribution in [3.8, 4) is 0 Å². The van der Waals surface area contributed by atoms with E-state index in [9.17, 15) is 4.79 Å². The topological polar surface area (TPSA) is 70.6 Å². The van der Waals surface area contributed by atoms with Gasteiger partial charge in [0.05, 0.1) is 13.2 Å². The van der Waals surface area contributed by atoms with Gasteiger partial charge in [-0.3, -0.25) is 9.69 Å². The van der Waals surface area contributed by atoms with E-state index in [2.05, 4.69) is 33.3 Å². The Morgan fingerprint density at radius 2 is 1.97 bits per heavy atom. The first kappa shape index (κ1) is 26.2. The minimum absolute atomic E-state index is 0.0559. The number of ether oxygens (including phenoxy) is 1. The summed E-state index contributed by atoms with van der Waals surface area (Å²) < 4.78 is 5.37. The van der Waals surface area contributed by atoms with Crippen molar-refractivity contribution in [2.75, 3.05) is 57.4 Å². The Labute approximate surface area is 211 Å². The molecule has 9 heteroatoms. The number of morpholine rings is 1. The number of rotatable bonds is 13. The lowest BCUT2D eigenvalue weighted by atomic mass is 10.1. The lowest BCUT2D eigenvalue weighted by Crippen LogP contribution is -2.38. The molecule has 0 aliphatic carbocycles. The summed E-state index contributed by atoms with van der Waals surface area (Å²) in [5, 5.41) is 3.99. The van der Waals surface area contributed by atoms with Gasteiger partial charge in [0.2, 0.25) is 0 Å². The highest BCUT2D eigenvalue weighted by Gasteiger charge is 2.12. The Balaban J connectivity index is 1.53. The van der Waals surface area contributed by atoms with Crippen LogP contribution in [0.2, 0.25) is 5.15 Å². The summed E-state index contributed by atoms with van der Waals surface area (Å²) in [5.74, 6) is 1.30. The second-order valence-corrected chi connectivity index (χ2v) is 9.20. The third kappa shape index (κ3) is 8.43. The molecule has 3 rings (SSSR count). The highest BCUT2D eigenvalue weighted by atomic mass is 35.5. The number of hydrogen-bond donors (Lipinski definition) is 1. The van der Waals surface area contributed by atoms with Crippen LogP contribution >= 0.6 is 23.4 Å². The summed E-state index contributed by atoms with van der Waals surface area (Å²) in [6.45, 7) is 14.0. The zero-order valence-corrected chi connectivity index (χ0v) is 21.0. The molecule has 1 aliphatic rings. The molecule has 1 saturated heterocycles. The smallest absolute Gasteiger partial charge is 0.251 e. The maximum Gasteiger partial charge on any atom is 0.251 e. The van der Waals surface area contributed by atoms with Crippen molar-refractivity contribution in [2.24, 2.45) is 0 Å². The quantitative estimate of drug-likeness (QED) is 0.146. The summed E-state index contributed by atoms with van der Waals surface area (Å²) in [7, 11) is 0. The molecule has 0 spiro atoms. The van der Waals surface area contributed by atoms with E-state index < -0.39 is 0 Å². The van der Waals surface area contributed by atoms with Crippen LogP contribution in [0.3, 0.4) is 0 Å². The van der Waals surface area contributed by atoms with Crippen LogP contribution in [-0.2, 0) is 10.5 Å². The van der Waals surface area contributed by atoms with Crippen LogP contribution in [0.15, 0.2) is 60.8 Å². The molecular formula is C25H32ClN5O2S. The molecule has 1 fully saturated rings. The average Bonchev–Trinajstić information content (AvgIpc) is 2.85. The van der Waals surface area contributed by atoms with Gasteiger partial charge in [0.1, 0.15) is 11.0 Å². The molecule has 1 N–H and O–H groups in total. The third-order valence-corrected chi connectivity index (χ3v) is 6.39. The Hall–Kier alpha value is -2.39. The van der Waals surface area contributed by atoms with E-state index in [0.717, 1.165) is 50.7 Å². The SMILES string of the molecule is C=CCN(CC=C)c1cc(Cl)nc(SCc2cccc(C(=O)NCCCN3CCOCC3)c2)n1. The standard InChI is InChI=1S/C25H32ClN5O2S/c1-3-10-31(11-4-2)23-18-22(26)28-25(29-23)34-19-20-7-5-8-21(17-20)24(32)27-9-6-12-30-13-15-33-16-14-30/h3-5,7-8,17-18H,1-2,6,9-16,19H2,(H,27,32). The molecule has 0 atom stereocenters. The van der Waals surface area contributed by atoms with E-state index in [4.69, 9.17) is 16.3 Å². The number of anilines is 1. The zero-order chi connectivity index (χ0) is 24.2. The number of nitrogens with zero attached hydrogens (tertiary/aromatic N) is 4. The summed E-state index contributed by atoms with van der Waals surface area (Å²) in [4.78, 5) is 26.0. The van der Waals surface area contributed by atoms with Crippen LogP contribution in [0, 0.1) is 0 Å². The van der Waals surface area contributed by atoms with Gasteiger partial charge in [0.15, 0.2) is 5.16 Å². The largest absolute Gasteiger partial charge is 0.379 e. The normalized spacial score (nSPS) is 13.9. The lowest BCUT2D eigenvalue weighted by Gasteiger charge is -2.26. The minimum Gasteiger partial charge on any atom is -0.379 e. The number of benzene rings is 1. The van der Waals surface area contributed by atoms with Crippen molar-refractivity contribution in [1.29, 1.82) is 0 Å². The molecule has 2 aromatic rings. The molecule has 1 amide bonds. The van der Waals surface area contributed by atoms with Crippen molar-refractivity contribution in [3.63, 3.8) is 0 Å². The fraction of sp³-hybridized carbons (Fsp3) is 0.400. The second-order valence-electron chi connectivity index (χ2n) is 7.87. The number of nitrogens with one attached hydrogen (secondary N) is 1. The molecule has 0 saturated carbocycles. The Morgan fingerprint density at radius 1 is 1.21 bits per heavy atom. The van der Waals surface area contributed by atoms with E-state index in [-0.39, 0.29) is 5.91 Å². The lowest BCUT2D eigenvalue weighted by molar-refractivity contribution is 0.0374. The van der Waals surface area contributed by atoms with E-state index in [1.807, 2.05) is 41.3 Å². The van der Waals surface area contributed by atoms with Gasteiger partial charge in [-0.1, -0.05) is 47.6 Å². The molecule has 1 aliphatic heterocycles. The zero-order valence-electron chi connectivity index (χ0n) is 19.4. The molecule has 34 heavy (non-hydrogen) atoms. The van der Waals surface area contributed by atoms with E-state index in [0.29, 0.717) is 41.3 Å². The van der Waals surface area contributed by atoms with Crippen LogP contribution in [-0.4, -0.2) is 73.3 Å². The Morgan fingerprint density at radius 3 is 2.71 bits per heavy atom. The van der Waals surface area contributed by atoms with Crippen LogP contribution < -0.4 is 10.2 Å². The van der Waals surface area contributed by atoms with Crippen molar-refractivity contribution in [2.45, 2.75) is 17.3 Å². The third-order valence-electron chi connectivity index (χ3n) is 5.28. The summed E-state index contributed by atoms with van der Waals surface area (Å²) in [5.41, 5.74) is 1.67. The fourth-order valence-electron chi connectivity index (χ4n) is 3.57. The average molecular weight is 502 g/mol. The van der Waals surface area contributed by atoms with Gasteiger partial charge in [0, 0.05) is 50.1 Å². The molecule has 0 bridgehead atoms. The summed E-state index contributed by atoms with van der Waals surface area (Å²) in [6, 6.07) is 9.39. The first-order chi connectivity index (χ1) is 16.6. The van der Waals surface area contributed by atoms with Crippen LogP contribution in [0.5, 0.6) is 0 Å². The van der Waals surface area contributed by atoms with Crippen molar-refractivity contribution in [3.05, 3.63) is 71.9 Å². The number of hydrogen-bond acceptors (Lipinski definition) is 7. The number of aromatic nitrogens is 2. The number of thioether (sulfide) groups is 1. The Kier molecular flexibility index (Phi) is 10.9. The van der Waals surface area contributed by atoms with E-state index >= 15 is 0 Å². The highest BCUT2D eigenvalue weighted by molar-refractivity contribution is 7.98. The first-order valence-electron chi connectivity index (χ1n) is 11.4. The number of carbonyl (C=O) groups is 1. The van der Waals surface area contributed by atoms with Gasteiger partial charge >= 0.3 is 0 Å².